The van der Waals surface area contributed by atoms with Gasteiger partial charge >= 0.3 is 0 Å². The van der Waals surface area contributed by atoms with Crippen LogP contribution in [-0.2, 0) is 32.3 Å². The molecule has 50 heavy (non-hydrogen) atoms. The summed E-state index contributed by atoms with van der Waals surface area (Å²) in [6.45, 7) is 0.941. The summed E-state index contributed by atoms with van der Waals surface area (Å²) in [7, 11) is 0. The molecule has 17 heteroatoms. The van der Waals surface area contributed by atoms with Crippen molar-refractivity contribution in [3.63, 3.8) is 0 Å². The van der Waals surface area contributed by atoms with Gasteiger partial charge in [-0.2, -0.15) is 5.10 Å². The van der Waals surface area contributed by atoms with E-state index in [-0.39, 0.29) is 42.8 Å². The smallest absolute Gasteiger partial charge is 0.264 e. The number of piperidine rings is 1. The molecule has 1 fully saturated rings. The van der Waals surface area contributed by atoms with Crippen molar-refractivity contribution in [2.45, 2.75) is 70.5 Å². The fraction of sp³-hybridized carbons (Fsp3) is 0.364. The summed E-state index contributed by atoms with van der Waals surface area (Å²) in [6, 6.07) is 11.0. The average Bonchev–Trinajstić information content (AvgIpc) is 3.67. The number of fused-ring (bicyclic) bond motifs is 1. The number of unbranched alkanes of at least 4 members (excludes halogenated alkanes) is 3. The second-order valence-corrected chi connectivity index (χ2v) is 11.7. The lowest BCUT2D eigenvalue weighted by atomic mass is 10.0. The van der Waals surface area contributed by atoms with E-state index in [2.05, 4.69) is 31.5 Å². The zero-order valence-corrected chi connectivity index (χ0v) is 27.1. The minimum Gasteiger partial charge on any atom is -0.492 e. The number of aromatic nitrogens is 3. The quantitative estimate of drug-likeness (QED) is 0.0451. The molecule has 2 aromatic carbocycles. The summed E-state index contributed by atoms with van der Waals surface area (Å²) in [5.74, 6) is -2.26. The number of hydrogen-bond acceptors (Lipinski definition) is 12. The standard InChI is InChI=1S/C33H37N9O8/c43-27-15-14-26(31(46)36-27)42-32(47)24-6-5-7-25(30(24)33(42)48)34-19-22-20-41(40-37-22)16-17-50-23-12-10-21(11-13-23)18-35-38-28(44)8-3-1-2-4-9-29(45)39-49/h5-7,10-13,18,20,26,34,49H,1-4,8-9,14-17,19H2,(H,38,44)(H,39,45)(H,36,43,46)/b35-18+. The van der Waals surface area contributed by atoms with Crippen molar-refractivity contribution in [2.75, 3.05) is 11.9 Å². The Morgan fingerprint density at radius 2 is 1.76 bits per heavy atom. The summed E-state index contributed by atoms with van der Waals surface area (Å²) in [4.78, 5) is 74.1. The summed E-state index contributed by atoms with van der Waals surface area (Å²) >= 11 is 0. The van der Waals surface area contributed by atoms with Crippen LogP contribution < -0.4 is 26.3 Å². The number of hydrazone groups is 1. The maximum Gasteiger partial charge on any atom is 0.264 e. The van der Waals surface area contributed by atoms with Crippen LogP contribution in [0.3, 0.4) is 0 Å². The van der Waals surface area contributed by atoms with E-state index >= 15 is 0 Å². The highest BCUT2D eigenvalue weighted by atomic mass is 16.5. The molecule has 0 saturated carbocycles. The number of carbonyl (C=O) groups is 6. The maximum atomic E-state index is 13.3. The number of imide groups is 2. The second-order valence-electron chi connectivity index (χ2n) is 11.7. The summed E-state index contributed by atoms with van der Waals surface area (Å²) in [5.41, 5.74) is 6.21. The van der Waals surface area contributed by atoms with E-state index in [1.165, 1.54) is 12.3 Å². The number of carbonyl (C=O) groups excluding carboxylic acids is 6. The molecule has 5 rings (SSSR count). The highest BCUT2D eigenvalue weighted by Crippen LogP contribution is 2.32. The molecule has 1 unspecified atom stereocenters. The summed E-state index contributed by atoms with van der Waals surface area (Å²) < 4.78 is 7.43. The lowest BCUT2D eigenvalue weighted by molar-refractivity contribution is -0.136. The molecule has 3 aromatic rings. The summed E-state index contributed by atoms with van der Waals surface area (Å²) in [5, 5.41) is 26.1. The number of nitrogens with one attached hydrogen (secondary N) is 4. The third kappa shape index (κ3) is 9.13. The van der Waals surface area contributed by atoms with Gasteiger partial charge in [-0.05, 0) is 61.2 Å². The normalized spacial score (nSPS) is 15.6. The molecule has 0 radical (unpaired) electrons. The number of hydroxylamine groups is 1. The maximum absolute atomic E-state index is 13.3. The number of hydrogen-bond donors (Lipinski definition) is 5. The molecule has 17 nitrogen and oxygen atoms in total. The molecule has 262 valence electrons. The van der Waals surface area contributed by atoms with Crippen LogP contribution in [0.5, 0.6) is 5.75 Å². The Morgan fingerprint density at radius 3 is 2.50 bits per heavy atom. The van der Waals surface area contributed by atoms with E-state index in [0.29, 0.717) is 49.5 Å². The number of amides is 6. The van der Waals surface area contributed by atoms with Crippen LogP contribution in [0, 0.1) is 0 Å². The predicted molar refractivity (Wildman–Crippen MR) is 176 cm³/mol. The van der Waals surface area contributed by atoms with Crippen LogP contribution in [0.4, 0.5) is 5.69 Å². The molecule has 5 N–H and O–H groups in total. The molecular formula is C33H37N9O8. The van der Waals surface area contributed by atoms with E-state index in [1.807, 2.05) is 0 Å². The predicted octanol–water partition coefficient (Wildman–Crippen LogP) is 1.67. The van der Waals surface area contributed by atoms with Crippen molar-refractivity contribution in [3.05, 3.63) is 71.0 Å². The Balaban J connectivity index is 1.02. The second kappa shape index (κ2) is 16.9. The van der Waals surface area contributed by atoms with Crippen LogP contribution in [0.15, 0.2) is 53.8 Å². The van der Waals surface area contributed by atoms with Crippen LogP contribution in [0.25, 0.3) is 0 Å². The Hall–Kier alpha value is -5.97. The zero-order chi connectivity index (χ0) is 35.5. The van der Waals surface area contributed by atoms with E-state index in [9.17, 15) is 28.8 Å². The molecule has 1 saturated heterocycles. The number of benzene rings is 2. The fourth-order valence-electron chi connectivity index (χ4n) is 5.50. The van der Waals surface area contributed by atoms with E-state index in [1.54, 1.807) is 52.8 Å². The van der Waals surface area contributed by atoms with Crippen LogP contribution in [0.1, 0.15) is 83.3 Å². The van der Waals surface area contributed by atoms with Crippen molar-refractivity contribution in [1.82, 2.24) is 36.1 Å². The van der Waals surface area contributed by atoms with Gasteiger partial charge in [-0.25, -0.2) is 15.6 Å². The molecule has 2 aliphatic rings. The lowest BCUT2D eigenvalue weighted by Crippen LogP contribution is -2.54. The van der Waals surface area contributed by atoms with Gasteiger partial charge in [-0.1, -0.05) is 24.1 Å². The number of ether oxygens (including phenoxy) is 1. The topological polar surface area (TPSA) is 226 Å². The van der Waals surface area contributed by atoms with E-state index in [4.69, 9.17) is 9.94 Å². The van der Waals surface area contributed by atoms with Crippen molar-refractivity contribution >= 4 is 47.3 Å². The Morgan fingerprint density at radius 1 is 1.00 bits per heavy atom. The van der Waals surface area contributed by atoms with Gasteiger partial charge in [-0.3, -0.25) is 44.2 Å². The molecule has 1 aromatic heterocycles. The molecule has 2 aliphatic heterocycles. The first-order valence-corrected chi connectivity index (χ1v) is 16.2. The minimum absolute atomic E-state index is 0.0434. The van der Waals surface area contributed by atoms with Crippen molar-refractivity contribution in [2.24, 2.45) is 5.10 Å². The zero-order valence-electron chi connectivity index (χ0n) is 27.1. The molecule has 3 heterocycles. The van der Waals surface area contributed by atoms with Crippen LogP contribution in [-0.4, -0.2) is 79.4 Å². The molecule has 6 amide bonds. The number of rotatable bonds is 17. The van der Waals surface area contributed by atoms with Crippen LogP contribution >= 0.6 is 0 Å². The summed E-state index contributed by atoms with van der Waals surface area (Å²) in [6.07, 6.45) is 6.88. The Bertz CT molecular complexity index is 1770. The van der Waals surface area contributed by atoms with Crippen molar-refractivity contribution < 1.29 is 38.7 Å². The third-order valence-corrected chi connectivity index (χ3v) is 8.07. The van der Waals surface area contributed by atoms with Crippen molar-refractivity contribution in [1.29, 1.82) is 0 Å². The number of nitrogens with zero attached hydrogens (tertiary/aromatic N) is 5. The SMILES string of the molecule is O=C(CCCCCCC(=O)N/N=C/c1ccc(OCCn2cc(CNc3cccc4c3C(=O)N(C3CCC(=O)NC3=O)C4=O)nn2)cc1)NO. The molecule has 1 atom stereocenters. The third-order valence-electron chi connectivity index (χ3n) is 8.07. The van der Waals surface area contributed by atoms with Gasteiger partial charge in [0.2, 0.25) is 23.6 Å². The molecule has 0 aliphatic carbocycles. The van der Waals surface area contributed by atoms with E-state index in [0.717, 1.165) is 23.3 Å². The van der Waals surface area contributed by atoms with Gasteiger partial charge in [0.15, 0.2) is 0 Å². The molecule has 0 bridgehead atoms. The Kier molecular flexibility index (Phi) is 12.0. The fourth-order valence-corrected chi connectivity index (χ4v) is 5.50. The highest BCUT2D eigenvalue weighted by molar-refractivity contribution is 6.25. The van der Waals surface area contributed by atoms with Crippen molar-refractivity contribution in [3.8, 4) is 5.75 Å². The average molecular weight is 688 g/mol. The molecular weight excluding hydrogens is 650 g/mol. The highest BCUT2D eigenvalue weighted by Gasteiger charge is 2.45. The first-order valence-electron chi connectivity index (χ1n) is 16.2. The minimum atomic E-state index is -1.04. The first kappa shape index (κ1) is 35.3. The largest absolute Gasteiger partial charge is 0.492 e. The van der Waals surface area contributed by atoms with Gasteiger partial charge in [-0.15, -0.1) is 5.10 Å². The Labute approximate surface area is 286 Å². The number of anilines is 1. The van der Waals surface area contributed by atoms with Crippen LogP contribution in [0.2, 0.25) is 0 Å². The lowest BCUT2D eigenvalue weighted by Gasteiger charge is -2.27. The first-order chi connectivity index (χ1) is 24.2. The monoisotopic (exact) mass is 687 g/mol. The van der Waals surface area contributed by atoms with Gasteiger partial charge < -0.3 is 10.1 Å². The van der Waals surface area contributed by atoms with Gasteiger partial charge in [0, 0.05) is 24.9 Å². The van der Waals surface area contributed by atoms with E-state index < -0.39 is 35.6 Å². The van der Waals surface area contributed by atoms with Gasteiger partial charge in [0.05, 0.1) is 36.6 Å². The van der Waals surface area contributed by atoms with Gasteiger partial charge in [0.1, 0.15) is 24.1 Å². The molecule has 0 spiro atoms. The van der Waals surface area contributed by atoms with Gasteiger partial charge in [0.25, 0.3) is 11.8 Å².